The summed E-state index contributed by atoms with van der Waals surface area (Å²) in [4.78, 5) is 12.9. The summed E-state index contributed by atoms with van der Waals surface area (Å²) in [6, 6.07) is 0.428. The molecular formula is C11H22N2O2. The molecular weight excluding hydrogens is 192 g/mol. The average molecular weight is 214 g/mol. The van der Waals surface area contributed by atoms with Crippen LogP contribution in [-0.4, -0.2) is 47.7 Å². The van der Waals surface area contributed by atoms with E-state index in [1.807, 2.05) is 6.92 Å². The lowest BCUT2D eigenvalue weighted by molar-refractivity contribution is -0.137. The summed E-state index contributed by atoms with van der Waals surface area (Å²) in [5.74, 6) is -0.733. The third-order valence-electron chi connectivity index (χ3n) is 2.78. The van der Waals surface area contributed by atoms with Gasteiger partial charge in [0.25, 0.3) is 0 Å². The topological polar surface area (TPSA) is 52.6 Å². The van der Waals surface area contributed by atoms with Gasteiger partial charge >= 0.3 is 5.97 Å². The maximum absolute atomic E-state index is 10.5. The van der Waals surface area contributed by atoms with E-state index in [1.54, 1.807) is 0 Å². The zero-order valence-electron chi connectivity index (χ0n) is 9.70. The van der Waals surface area contributed by atoms with Crippen molar-refractivity contribution in [2.75, 3.05) is 19.6 Å². The van der Waals surface area contributed by atoms with Crippen LogP contribution in [0.15, 0.2) is 0 Å². The fourth-order valence-corrected chi connectivity index (χ4v) is 2.21. The van der Waals surface area contributed by atoms with Gasteiger partial charge in [-0.1, -0.05) is 0 Å². The third-order valence-corrected chi connectivity index (χ3v) is 2.78. The van der Waals surface area contributed by atoms with E-state index in [0.717, 1.165) is 6.54 Å². The Kier molecular flexibility index (Phi) is 5.05. The summed E-state index contributed by atoms with van der Waals surface area (Å²) < 4.78 is 0. The van der Waals surface area contributed by atoms with Gasteiger partial charge in [0.2, 0.25) is 0 Å². The fraction of sp³-hybridized carbons (Fsp3) is 0.909. The SMILES string of the molecule is CC(CC(=O)O)NC(C)CN1CCCC1. The highest BCUT2D eigenvalue weighted by Gasteiger charge is 2.16. The number of nitrogens with one attached hydrogen (secondary N) is 1. The Morgan fingerprint density at radius 3 is 2.47 bits per heavy atom. The Hall–Kier alpha value is -0.610. The first-order valence-electron chi connectivity index (χ1n) is 5.78. The van der Waals surface area contributed by atoms with Gasteiger partial charge in [-0.05, 0) is 39.8 Å². The summed E-state index contributed by atoms with van der Waals surface area (Å²) in [5.41, 5.74) is 0. The molecule has 0 aliphatic carbocycles. The molecule has 0 saturated carbocycles. The minimum Gasteiger partial charge on any atom is -0.481 e. The minimum absolute atomic E-state index is 0.0557. The average Bonchev–Trinajstić information content (AvgIpc) is 2.53. The second-order valence-corrected chi connectivity index (χ2v) is 4.57. The molecule has 0 bridgehead atoms. The Morgan fingerprint density at radius 1 is 1.33 bits per heavy atom. The van der Waals surface area contributed by atoms with Crippen molar-refractivity contribution in [1.82, 2.24) is 10.2 Å². The monoisotopic (exact) mass is 214 g/mol. The van der Waals surface area contributed by atoms with E-state index in [-0.39, 0.29) is 12.5 Å². The molecule has 1 heterocycles. The molecule has 1 aliphatic rings. The maximum atomic E-state index is 10.5. The van der Waals surface area contributed by atoms with Gasteiger partial charge in [0.05, 0.1) is 6.42 Å². The molecule has 2 atom stereocenters. The number of carboxylic acid groups (broad SMARTS) is 1. The molecule has 1 saturated heterocycles. The Morgan fingerprint density at radius 2 is 1.93 bits per heavy atom. The van der Waals surface area contributed by atoms with Crippen LogP contribution < -0.4 is 5.32 Å². The second kappa shape index (κ2) is 6.08. The molecule has 2 N–H and O–H groups in total. The van der Waals surface area contributed by atoms with E-state index in [4.69, 9.17) is 5.11 Å². The van der Waals surface area contributed by atoms with Crippen molar-refractivity contribution in [2.24, 2.45) is 0 Å². The van der Waals surface area contributed by atoms with E-state index >= 15 is 0 Å². The van der Waals surface area contributed by atoms with Gasteiger partial charge in [-0.3, -0.25) is 4.79 Å². The molecule has 4 heteroatoms. The maximum Gasteiger partial charge on any atom is 0.304 e. The quantitative estimate of drug-likeness (QED) is 0.690. The van der Waals surface area contributed by atoms with Crippen molar-refractivity contribution < 1.29 is 9.90 Å². The van der Waals surface area contributed by atoms with Gasteiger partial charge in [-0.15, -0.1) is 0 Å². The molecule has 0 aromatic heterocycles. The summed E-state index contributed by atoms with van der Waals surface area (Å²) >= 11 is 0. The lowest BCUT2D eigenvalue weighted by Gasteiger charge is -2.23. The predicted octanol–water partition coefficient (Wildman–Crippen LogP) is 0.923. The zero-order valence-corrected chi connectivity index (χ0v) is 9.70. The molecule has 15 heavy (non-hydrogen) atoms. The fourth-order valence-electron chi connectivity index (χ4n) is 2.21. The van der Waals surface area contributed by atoms with E-state index in [1.165, 1.54) is 25.9 Å². The van der Waals surface area contributed by atoms with Crippen LogP contribution >= 0.6 is 0 Å². The molecule has 1 aliphatic heterocycles. The summed E-state index contributed by atoms with van der Waals surface area (Å²) in [5, 5.41) is 11.9. The van der Waals surface area contributed by atoms with E-state index in [0.29, 0.717) is 6.04 Å². The van der Waals surface area contributed by atoms with Gasteiger partial charge in [0.15, 0.2) is 0 Å². The number of carboxylic acids is 1. The van der Waals surface area contributed by atoms with Gasteiger partial charge < -0.3 is 15.3 Å². The summed E-state index contributed by atoms with van der Waals surface area (Å²) in [6.07, 6.45) is 2.80. The molecule has 0 amide bonds. The van der Waals surface area contributed by atoms with E-state index < -0.39 is 5.97 Å². The summed E-state index contributed by atoms with van der Waals surface area (Å²) in [7, 11) is 0. The Bertz CT molecular complexity index is 203. The summed E-state index contributed by atoms with van der Waals surface area (Å²) in [6.45, 7) is 7.47. The predicted molar refractivity (Wildman–Crippen MR) is 60.0 cm³/mol. The normalized spacial score (nSPS) is 21.5. The van der Waals surface area contributed by atoms with Crippen LogP contribution in [0.5, 0.6) is 0 Å². The van der Waals surface area contributed by atoms with Crippen LogP contribution in [0.4, 0.5) is 0 Å². The Balaban J connectivity index is 2.16. The van der Waals surface area contributed by atoms with E-state index in [9.17, 15) is 4.79 Å². The largest absolute Gasteiger partial charge is 0.481 e. The van der Waals surface area contributed by atoms with Crippen molar-refractivity contribution >= 4 is 5.97 Å². The first-order valence-corrected chi connectivity index (χ1v) is 5.78. The standard InChI is InChI=1S/C11H22N2O2/c1-9(7-11(14)15)12-10(2)8-13-5-3-4-6-13/h9-10,12H,3-8H2,1-2H3,(H,14,15). The molecule has 2 unspecified atom stereocenters. The van der Waals surface area contributed by atoms with Crippen molar-refractivity contribution in [3.63, 3.8) is 0 Å². The molecule has 1 rings (SSSR count). The molecule has 0 aromatic rings. The van der Waals surface area contributed by atoms with Crippen LogP contribution in [0.3, 0.4) is 0 Å². The zero-order chi connectivity index (χ0) is 11.3. The second-order valence-electron chi connectivity index (χ2n) is 4.57. The first kappa shape index (κ1) is 12.5. The number of carbonyl (C=O) groups is 1. The number of hydrogen-bond acceptors (Lipinski definition) is 3. The van der Waals surface area contributed by atoms with Crippen molar-refractivity contribution in [2.45, 2.75) is 45.2 Å². The van der Waals surface area contributed by atoms with Crippen LogP contribution in [0.2, 0.25) is 0 Å². The molecule has 88 valence electrons. The molecule has 0 aromatic carbocycles. The van der Waals surface area contributed by atoms with Crippen LogP contribution in [0.1, 0.15) is 33.1 Å². The number of hydrogen-bond donors (Lipinski definition) is 2. The van der Waals surface area contributed by atoms with Gasteiger partial charge in [0.1, 0.15) is 0 Å². The first-order chi connectivity index (χ1) is 7.08. The number of nitrogens with zero attached hydrogens (tertiary/aromatic N) is 1. The lowest BCUT2D eigenvalue weighted by atomic mass is 10.2. The highest BCUT2D eigenvalue weighted by molar-refractivity contribution is 5.67. The number of likely N-dealkylation sites (tertiary alicyclic amines) is 1. The van der Waals surface area contributed by atoms with Gasteiger partial charge in [-0.25, -0.2) is 0 Å². The highest BCUT2D eigenvalue weighted by atomic mass is 16.4. The van der Waals surface area contributed by atoms with Gasteiger partial charge in [-0.2, -0.15) is 0 Å². The third kappa shape index (κ3) is 5.14. The number of rotatable bonds is 6. The Labute approximate surface area is 91.6 Å². The van der Waals surface area contributed by atoms with Crippen molar-refractivity contribution in [3.05, 3.63) is 0 Å². The smallest absolute Gasteiger partial charge is 0.304 e. The van der Waals surface area contributed by atoms with Crippen molar-refractivity contribution in [3.8, 4) is 0 Å². The number of aliphatic carboxylic acids is 1. The molecule has 0 radical (unpaired) electrons. The van der Waals surface area contributed by atoms with Crippen LogP contribution in [0.25, 0.3) is 0 Å². The van der Waals surface area contributed by atoms with Crippen LogP contribution in [0, 0.1) is 0 Å². The highest BCUT2D eigenvalue weighted by Crippen LogP contribution is 2.07. The molecule has 1 fully saturated rings. The molecule has 4 nitrogen and oxygen atoms in total. The van der Waals surface area contributed by atoms with Gasteiger partial charge in [0, 0.05) is 18.6 Å². The minimum atomic E-state index is -0.733. The molecule has 0 spiro atoms. The lowest BCUT2D eigenvalue weighted by Crippen LogP contribution is -2.42. The van der Waals surface area contributed by atoms with Crippen LogP contribution in [-0.2, 0) is 4.79 Å². The van der Waals surface area contributed by atoms with E-state index in [2.05, 4.69) is 17.1 Å². The van der Waals surface area contributed by atoms with Crippen molar-refractivity contribution in [1.29, 1.82) is 0 Å².